The van der Waals surface area contributed by atoms with Crippen molar-refractivity contribution in [3.05, 3.63) is 81.4 Å². The zero-order valence-corrected chi connectivity index (χ0v) is 19.2. The van der Waals surface area contributed by atoms with Crippen LogP contribution in [0.5, 0.6) is 23.0 Å². The highest BCUT2D eigenvalue weighted by Crippen LogP contribution is 2.38. The summed E-state index contributed by atoms with van der Waals surface area (Å²) in [6.45, 7) is 6.80. The number of carboxylic acid groups (broad SMARTS) is 1. The molecule has 0 aliphatic heterocycles. The maximum Gasteiger partial charge on any atom is 0.347 e. The summed E-state index contributed by atoms with van der Waals surface area (Å²) in [4.78, 5) is 24.6. The Morgan fingerprint density at radius 2 is 1.58 bits per heavy atom. The highest BCUT2D eigenvalue weighted by Gasteiger charge is 2.26. The number of ether oxygens (including phenoxy) is 3. The van der Waals surface area contributed by atoms with E-state index >= 15 is 0 Å². The van der Waals surface area contributed by atoms with Crippen LogP contribution in [-0.4, -0.2) is 29.3 Å². The number of carbonyl (C=O) groups is 2. The first-order valence-electron chi connectivity index (χ1n) is 10.3. The van der Waals surface area contributed by atoms with Crippen molar-refractivity contribution in [3.63, 3.8) is 0 Å². The molecule has 0 saturated heterocycles. The zero-order chi connectivity index (χ0) is 24.3. The predicted molar refractivity (Wildman–Crippen MR) is 123 cm³/mol. The van der Waals surface area contributed by atoms with Gasteiger partial charge in [-0.2, -0.15) is 0 Å². The molecule has 0 bridgehead atoms. The summed E-state index contributed by atoms with van der Waals surface area (Å²) < 4.78 is 16.9. The van der Waals surface area contributed by atoms with E-state index in [1.165, 1.54) is 14.0 Å². The summed E-state index contributed by atoms with van der Waals surface area (Å²) in [6.07, 6.45) is 0. The van der Waals surface area contributed by atoms with Gasteiger partial charge in [0.25, 0.3) is 0 Å². The van der Waals surface area contributed by atoms with E-state index in [1.807, 2.05) is 30.3 Å². The minimum absolute atomic E-state index is 0.117. The van der Waals surface area contributed by atoms with Crippen molar-refractivity contribution in [3.8, 4) is 23.0 Å². The third-order valence-electron chi connectivity index (χ3n) is 5.56. The third-order valence-corrected chi connectivity index (χ3v) is 5.56. The monoisotopic (exact) mass is 450 g/mol. The molecule has 0 aliphatic carbocycles. The number of phenols is 1. The molecule has 3 aromatic rings. The molecule has 0 atom stereocenters. The van der Waals surface area contributed by atoms with Crippen molar-refractivity contribution in [2.24, 2.45) is 0 Å². The Kier molecular flexibility index (Phi) is 6.92. The zero-order valence-electron chi connectivity index (χ0n) is 19.2. The average Bonchev–Trinajstić information content (AvgIpc) is 2.79. The van der Waals surface area contributed by atoms with Crippen molar-refractivity contribution >= 4 is 11.9 Å². The van der Waals surface area contributed by atoms with Crippen LogP contribution < -0.4 is 14.2 Å². The van der Waals surface area contributed by atoms with Crippen molar-refractivity contribution in [2.45, 2.75) is 34.3 Å². The topological polar surface area (TPSA) is 102 Å². The lowest BCUT2D eigenvalue weighted by Crippen LogP contribution is -2.15. The molecule has 3 aromatic carbocycles. The number of carboxylic acids is 1. The van der Waals surface area contributed by atoms with Crippen LogP contribution in [0.4, 0.5) is 0 Å². The van der Waals surface area contributed by atoms with Crippen molar-refractivity contribution in [1.82, 2.24) is 0 Å². The quantitative estimate of drug-likeness (QED) is 0.380. The van der Waals surface area contributed by atoms with Gasteiger partial charge in [0.15, 0.2) is 0 Å². The molecule has 0 amide bonds. The fourth-order valence-corrected chi connectivity index (χ4v) is 3.64. The summed E-state index contributed by atoms with van der Waals surface area (Å²) in [5, 5.41) is 19.8. The molecule has 2 N–H and O–H groups in total. The van der Waals surface area contributed by atoms with Crippen LogP contribution in [0.25, 0.3) is 0 Å². The van der Waals surface area contributed by atoms with E-state index in [-0.39, 0.29) is 28.2 Å². The van der Waals surface area contributed by atoms with Gasteiger partial charge in [0, 0.05) is 11.6 Å². The number of rotatable bonds is 7. The van der Waals surface area contributed by atoms with Gasteiger partial charge >= 0.3 is 11.9 Å². The summed E-state index contributed by atoms with van der Waals surface area (Å²) in [5.74, 6) is -1.43. The summed E-state index contributed by atoms with van der Waals surface area (Å²) in [5.41, 5.74) is 2.53. The summed E-state index contributed by atoms with van der Waals surface area (Å²) in [6, 6.07) is 13.0. The van der Waals surface area contributed by atoms with Gasteiger partial charge in [0.2, 0.25) is 0 Å². The molecule has 7 heteroatoms. The van der Waals surface area contributed by atoms with Gasteiger partial charge in [-0.1, -0.05) is 30.3 Å². The molecule has 33 heavy (non-hydrogen) atoms. The highest BCUT2D eigenvalue weighted by molar-refractivity contribution is 5.97. The van der Waals surface area contributed by atoms with E-state index in [9.17, 15) is 19.8 Å². The molecule has 0 aromatic heterocycles. The molecule has 0 radical (unpaired) electrons. The van der Waals surface area contributed by atoms with Crippen LogP contribution in [0.3, 0.4) is 0 Å². The number of aromatic hydroxyl groups is 1. The van der Waals surface area contributed by atoms with E-state index in [2.05, 4.69) is 0 Å². The lowest BCUT2D eigenvalue weighted by atomic mass is 9.97. The van der Waals surface area contributed by atoms with E-state index in [4.69, 9.17) is 14.2 Å². The number of methoxy groups -OCH3 is 1. The molecule has 7 nitrogen and oxygen atoms in total. The molecule has 0 unspecified atom stereocenters. The van der Waals surface area contributed by atoms with Crippen LogP contribution >= 0.6 is 0 Å². The summed E-state index contributed by atoms with van der Waals surface area (Å²) >= 11 is 0. The lowest BCUT2D eigenvalue weighted by molar-refractivity contribution is 0.0692. The minimum atomic E-state index is -1.25. The molecular formula is C26H26O7. The van der Waals surface area contributed by atoms with E-state index in [0.29, 0.717) is 29.0 Å². The second kappa shape index (κ2) is 9.65. The Hall–Kier alpha value is -4.00. The maximum atomic E-state index is 13.1. The van der Waals surface area contributed by atoms with Crippen LogP contribution in [0, 0.1) is 27.7 Å². The van der Waals surface area contributed by atoms with Gasteiger partial charge in [-0.3, -0.25) is 0 Å². The predicted octanol–water partition coefficient (Wildman–Crippen LogP) is 5.13. The molecule has 0 saturated carbocycles. The van der Waals surface area contributed by atoms with Crippen LogP contribution in [0.15, 0.2) is 42.5 Å². The van der Waals surface area contributed by atoms with Gasteiger partial charge in [-0.25, -0.2) is 9.59 Å². The molecule has 0 heterocycles. The van der Waals surface area contributed by atoms with Crippen molar-refractivity contribution in [1.29, 1.82) is 0 Å². The largest absolute Gasteiger partial charge is 0.507 e. The average molecular weight is 450 g/mol. The Morgan fingerprint density at radius 3 is 2.18 bits per heavy atom. The first kappa shape index (κ1) is 23.7. The minimum Gasteiger partial charge on any atom is -0.507 e. The second-order valence-corrected chi connectivity index (χ2v) is 7.71. The van der Waals surface area contributed by atoms with E-state index in [0.717, 1.165) is 5.56 Å². The number of benzene rings is 3. The lowest BCUT2D eigenvalue weighted by Gasteiger charge is -2.18. The van der Waals surface area contributed by atoms with Gasteiger partial charge in [0.05, 0.1) is 7.11 Å². The highest BCUT2D eigenvalue weighted by atomic mass is 16.5. The molecular weight excluding hydrogens is 424 g/mol. The fourth-order valence-electron chi connectivity index (χ4n) is 3.64. The van der Waals surface area contributed by atoms with Gasteiger partial charge < -0.3 is 24.4 Å². The number of aryl methyl sites for hydroxylation is 1. The van der Waals surface area contributed by atoms with Crippen LogP contribution in [-0.2, 0) is 6.61 Å². The Balaban J connectivity index is 1.92. The normalized spacial score (nSPS) is 10.6. The first-order chi connectivity index (χ1) is 15.6. The molecule has 3 rings (SSSR count). The number of hydrogen-bond donors (Lipinski definition) is 2. The molecule has 172 valence electrons. The fraction of sp³-hybridized carbons (Fsp3) is 0.231. The van der Waals surface area contributed by atoms with Crippen molar-refractivity contribution in [2.75, 3.05) is 7.11 Å². The Labute approximate surface area is 192 Å². The molecule has 0 fully saturated rings. The number of carbonyl (C=O) groups excluding carboxylic acids is 1. The van der Waals surface area contributed by atoms with Gasteiger partial charge in [0.1, 0.15) is 40.7 Å². The van der Waals surface area contributed by atoms with E-state index in [1.54, 1.807) is 32.9 Å². The van der Waals surface area contributed by atoms with Gasteiger partial charge in [-0.05, 0) is 56.0 Å². The SMILES string of the molecule is COc1cc(OCc2ccccc2)cc(C)c1C(=O)Oc1c(C)c(C)c(C(=O)O)c(O)c1C. The van der Waals surface area contributed by atoms with Crippen molar-refractivity contribution < 1.29 is 34.0 Å². The second-order valence-electron chi connectivity index (χ2n) is 7.71. The first-order valence-corrected chi connectivity index (χ1v) is 10.3. The van der Waals surface area contributed by atoms with E-state index < -0.39 is 17.7 Å². The van der Waals surface area contributed by atoms with Gasteiger partial charge in [-0.15, -0.1) is 0 Å². The third kappa shape index (κ3) is 4.77. The number of esters is 1. The maximum absolute atomic E-state index is 13.1. The van der Waals surface area contributed by atoms with Crippen LogP contribution in [0.2, 0.25) is 0 Å². The smallest absolute Gasteiger partial charge is 0.347 e. The summed E-state index contributed by atoms with van der Waals surface area (Å²) in [7, 11) is 1.45. The number of aromatic carboxylic acids is 1. The molecule has 0 aliphatic rings. The standard InChI is InChI=1S/C26H26O7/c1-14-11-19(32-13-18-9-7-6-8-10-18)12-20(31-5)21(14)26(30)33-24-16(3)15(2)22(25(28)29)23(27)17(24)4/h6-12,27H,13H2,1-5H3,(H,28,29). The Bertz CT molecular complexity index is 1180. The number of hydrogen-bond acceptors (Lipinski definition) is 6. The molecule has 0 spiro atoms. The Morgan fingerprint density at radius 1 is 0.909 bits per heavy atom. The van der Waals surface area contributed by atoms with Crippen LogP contribution in [0.1, 0.15) is 48.5 Å².